The number of aliphatic imine (C=N–C) groups is 1. The Kier molecular flexibility index (Phi) is 32.5. The Morgan fingerprint density at radius 3 is 1.91 bits per heavy atom. The quantitative estimate of drug-likeness (QED) is 0.0152. The average Bonchev–Trinajstić information content (AvgIpc) is 1.70. The standard InChI is InChI=1S/C67H89F2N17O17S2/c1-34(2)56-66(103)82-47(28-36-7-3-4-8-41(36)69)62(99)78-43(9-5-24-75-67(72)73)58(95)74-25-22-52(88)77-44(17-19-54(90)91)59(96)80-48(29-37-31-76-42-16-13-38(68)30-40(37)42)63(100)79-45(18-20-55(92)93)60(97)83-49(57(71)94)32-104-105-33-50(64(101)85-56)84-61(98)46(27-35-11-14-39(87)15-12-35)81-65(102)51-10-6-26-86(51)53(89)21-23-70/h3-4,7-8,11-16,30-31,34,43-51,56,76,87H,5-6,9-10,17-29,32-33,70H2,1-2H3,(H2,71,94)(H,74,95)(H,77,88)(H,78,99)(H,79,100)(H,80,96)(H,81,102)(H,82,103)(H,83,97)(H,84,98)(H,85,101)(H,90,91)(H,92,93)(H4,72,73,75)/t43-,44-,45-,46-,47-,48-,49-,50-,51-,56-/m0/s1. The number of nitrogens with zero attached hydrogens (tertiary/aromatic N) is 2. The van der Waals surface area contributed by atoms with Crippen molar-refractivity contribution in [2.24, 2.45) is 33.8 Å². The molecule has 0 radical (unpaired) electrons. The number of halogens is 2. The van der Waals surface area contributed by atoms with Crippen molar-refractivity contribution in [1.82, 2.24) is 63.1 Å². The monoisotopic (exact) mass is 1510 g/mol. The lowest BCUT2D eigenvalue weighted by atomic mass is 10.00. The average molecular weight is 1510 g/mol. The summed E-state index contributed by atoms with van der Waals surface area (Å²) in [7, 11) is 1.60. The fraction of sp³-hybridized carbons (Fsp3) is 0.478. The molecule has 38 heteroatoms. The first kappa shape index (κ1) is 83.3. The molecule has 0 bridgehead atoms. The molecule has 2 fully saturated rings. The maximum Gasteiger partial charge on any atom is 0.303 e. The molecular formula is C67H89F2N17O17S2. The van der Waals surface area contributed by atoms with Crippen molar-refractivity contribution >= 4 is 121 Å². The summed E-state index contributed by atoms with van der Waals surface area (Å²) >= 11 is 0. The fourth-order valence-corrected chi connectivity index (χ4v) is 13.7. The minimum Gasteiger partial charge on any atom is -0.508 e. The molecule has 570 valence electrons. The lowest BCUT2D eigenvalue weighted by Crippen LogP contribution is -2.61. The summed E-state index contributed by atoms with van der Waals surface area (Å²) in [6.45, 7) is 2.64. The number of H-pyrrole nitrogens is 1. The first-order valence-corrected chi connectivity index (χ1v) is 36.2. The minimum atomic E-state index is -1.83. The number of aromatic hydroxyl groups is 1. The number of carboxylic acids is 2. The van der Waals surface area contributed by atoms with Crippen LogP contribution in [0.1, 0.15) is 94.7 Å². The van der Waals surface area contributed by atoms with Crippen LogP contribution in [0.4, 0.5) is 8.78 Å². The smallest absolute Gasteiger partial charge is 0.303 e. The fourth-order valence-electron chi connectivity index (χ4n) is 11.3. The number of carboxylic acid groups (broad SMARTS) is 2. The third-order valence-electron chi connectivity index (χ3n) is 16.9. The number of fused-ring (bicyclic) bond motifs is 1. The van der Waals surface area contributed by atoms with Gasteiger partial charge in [-0.15, -0.1) is 0 Å². The predicted molar refractivity (Wildman–Crippen MR) is 380 cm³/mol. The van der Waals surface area contributed by atoms with Crippen molar-refractivity contribution in [2.45, 2.75) is 158 Å². The number of phenolic OH excluding ortho intramolecular Hbond substituents is 1. The summed E-state index contributed by atoms with van der Waals surface area (Å²) in [5, 5.41) is 55.2. The molecule has 2 aliphatic heterocycles. The van der Waals surface area contributed by atoms with Crippen LogP contribution in [0.15, 0.2) is 77.9 Å². The molecule has 0 saturated carbocycles. The number of amides is 12. The molecule has 10 atom stereocenters. The van der Waals surface area contributed by atoms with Crippen LogP contribution in [0.5, 0.6) is 5.75 Å². The zero-order chi connectivity index (χ0) is 77.0. The van der Waals surface area contributed by atoms with Gasteiger partial charge in [0.2, 0.25) is 70.9 Å². The van der Waals surface area contributed by atoms with Crippen LogP contribution in [-0.2, 0) is 86.4 Å². The topological polar surface area (TPSA) is 555 Å². The summed E-state index contributed by atoms with van der Waals surface area (Å²) in [5.41, 5.74) is 23.5. The highest BCUT2D eigenvalue weighted by atomic mass is 33.1. The van der Waals surface area contributed by atoms with Gasteiger partial charge in [-0.25, -0.2) is 8.78 Å². The lowest BCUT2D eigenvalue weighted by molar-refractivity contribution is -0.139. The number of nitrogens with two attached hydrogens (primary N) is 4. The summed E-state index contributed by atoms with van der Waals surface area (Å²) in [5.74, 6) is -18.5. The number of carbonyl (C=O) groups excluding carboxylic acids is 12. The van der Waals surface area contributed by atoms with Gasteiger partial charge in [-0.05, 0) is 97.5 Å². The number of rotatable bonds is 24. The van der Waals surface area contributed by atoms with E-state index in [9.17, 15) is 82.0 Å². The number of aliphatic carboxylic acids is 2. The zero-order valence-corrected chi connectivity index (χ0v) is 59.2. The van der Waals surface area contributed by atoms with Crippen LogP contribution < -0.4 is 76.1 Å². The summed E-state index contributed by atoms with van der Waals surface area (Å²) in [6, 6.07) is -1.68. The highest BCUT2D eigenvalue weighted by molar-refractivity contribution is 8.76. The van der Waals surface area contributed by atoms with Crippen LogP contribution in [0.2, 0.25) is 0 Å². The van der Waals surface area contributed by atoms with E-state index in [-0.39, 0.29) is 80.0 Å². The third kappa shape index (κ3) is 26.5. The molecule has 6 rings (SSSR count). The van der Waals surface area contributed by atoms with E-state index in [0.717, 1.165) is 39.8 Å². The second-order valence-electron chi connectivity index (χ2n) is 25.3. The Bertz CT molecular complexity index is 3830. The van der Waals surface area contributed by atoms with Gasteiger partial charge in [0.15, 0.2) is 5.96 Å². The molecule has 2 aliphatic rings. The molecular weight excluding hydrogens is 1420 g/mol. The van der Waals surface area contributed by atoms with Crippen molar-refractivity contribution in [3.05, 3.63) is 101 Å². The third-order valence-corrected chi connectivity index (χ3v) is 19.4. The molecule has 12 amide bonds. The van der Waals surface area contributed by atoms with E-state index in [0.29, 0.717) is 17.5 Å². The molecule has 4 aromatic rings. The molecule has 0 aliphatic carbocycles. The van der Waals surface area contributed by atoms with E-state index in [2.05, 4.69) is 63.1 Å². The maximum absolute atomic E-state index is 15.6. The number of aromatic nitrogens is 1. The van der Waals surface area contributed by atoms with E-state index in [4.69, 9.17) is 22.9 Å². The van der Waals surface area contributed by atoms with Crippen LogP contribution in [0.3, 0.4) is 0 Å². The number of nitrogens with one attached hydrogen (secondary N) is 11. The molecule has 22 N–H and O–H groups in total. The van der Waals surface area contributed by atoms with Gasteiger partial charge in [0.1, 0.15) is 77.8 Å². The molecule has 1 aromatic heterocycles. The molecule has 2 saturated heterocycles. The summed E-state index contributed by atoms with van der Waals surface area (Å²) in [6.07, 6.45) is -2.96. The molecule has 0 spiro atoms. The van der Waals surface area contributed by atoms with Crippen molar-refractivity contribution in [1.29, 1.82) is 0 Å². The maximum atomic E-state index is 15.6. The predicted octanol–water partition coefficient (Wildman–Crippen LogP) is -2.29. The van der Waals surface area contributed by atoms with Gasteiger partial charge < -0.3 is 101 Å². The number of aromatic amines is 1. The van der Waals surface area contributed by atoms with Crippen LogP contribution in [-0.4, -0.2) is 212 Å². The number of hydrogen-bond donors (Lipinski definition) is 18. The minimum absolute atomic E-state index is 0.00941. The van der Waals surface area contributed by atoms with Crippen LogP contribution in [0, 0.1) is 17.6 Å². The van der Waals surface area contributed by atoms with Gasteiger partial charge >= 0.3 is 11.9 Å². The SMILES string of the molecule is CC(C)[C@@H]1NC(=O)[C@@H](NC(=O)[C@H](Cc2ccc(O)cc2)NC(=O)[C@@H]2CCCN2C(=O)CCN)CSSC[C@@H](C(N)=O)NC(=O)[C@H](CCC(=O)O)NC(=O)[C@H](Cc2c[nH]c3ccc(F)cc23)NC(=O)[C@H](CCC(=O)O)NC(=O)CCNC(=O)[C@H](CCCN=C(N)N)NC(=O)[C@H](Cc2ccccc2F)NC1=O. The molecule has 3 aromatic carbocycles. The van der Waals surface area contributed by atoms with Gasteiger partial charge in [0.25, 0.3) is 0 Å². The van der Waals surface area contributed by atoms with Crippen molar-refractivity contribution in [3.63, 3.8) is 0 Å². The van der Waals surface area contributed by atoms with Crippen molar-refractivity contribution < 1.29 is 91.2 Å². The number of hydrogen-bond acceptors (Lipinski definition) is 19. The molecule has 3 heterocycles. The number of carbonyl (C=O) groups is 14. The number of phenols is 1. The number of guanidine groups is 1. The van der Waals surface area contributed by atoms with E-state index >= 15 is 9.18 Å². The van der Waals surface area contributed by atoms with Gasteiger partial charge in [0.05, 0.1) is 0 Å². The van der Waals surface area contributed by atoms with Gasteiger partial charge in [-0.3, -0.25) is 72.1 Å². The Balaban J connectivity index is 1.42. The van der Waals surface area contributed by atoms with E-state index in [1.807, 2.05) is 0 Å². The Morgan fingerprint density at radius 1 is 0.686 bits per heavy atom. The summed E-state index contributed by atoms with van der Waals surface area (Å²) < 4.78 is 30.3. The zero-order valence-electron chi connectivity index (χ0n) is 57.5. The largest absolute Gasteiger partial charge is 0.508 e. The van der Waals surface area contributed by atoms with Crippen molar-refractivity contribution in [2.75, 3.05) is 37.7 Å². The van der Waals surface area contributed by atoms with Crippen LogP contribution in [0.25, 0.3) is 10.9 Å². The Morgan fingerprint density at radius 2 is 1.29 bits per heavy atom. The van der Waals surface area contributed by atoms with Gasteiger partial charge in [-0.1, -0.05) is 65.8 Å². The Labute approximate surface area is 609 Å². The van der Waals surface area contributed by atoms with Gasteiger partial charge in [0, 0.05) is 99.7 Å². The molecule has 34 nitrogen and oxygen atoms in total. The number of benzene rings is 3. The van der Waals surface area contributed by atoms with Crippen molar-refractivity contribution in [3.8, 4) is 5.75 Å². The normalized spacial score (nSPS) is 22.1. The Hall–Kier alpha value is -10.6. The second-order valence-corrected chi connectivity index (χ2v) is 27.8. The van der Waals surface area contributed by atoms with Gasteiger partial charge in [-0.2, -0.15) is 0 Å². The molecule has 105 heavy (non-hydrogen) atoms. The summed E-state index contributed by atoms with van der Waals surface area (Å²) in [4.78, 5) is 204. The first-order chi connectivity index (χ1) is 49.9. The second kappa shape index (κ2) is 41.0. The first-order valence-electron chi connectivity index (χ1n) is 33.7. The van der Waals surface area contributed by atoms with Crippen LogP contribution >= 0.6 is 21.6 Å². The highest BCUT2D eigenvalue weighted by Crippen LogP contribution is 2.26. The van der Waals surface area contributed by atoms with E-state index in [1.165, 1.54) is 73.5 Å². The lowest BCUT2D eigenvalue weighted by Gasteiger charge is -2.29. The number of likely N-dealkylation sites (tertiary alicyclic amines) is 1. The molecule has 0 unspecified atom stereocenters. The number of primary amides is 1. The van der Waals surface area contributed by atoms with E-state index < -0.39 is 224 Å². The highest BCUT2D eigenvalue weighted by Gasteiger charge is 2.39. The van der Waals surface area contributed by atoms with E-state index in [1.54, 1.807) is 0 Å².